The second-order valence-corrected chi connectivity index (χ2v) is 4.01. The van der Waals surface area contributed by atoms with E-state index in [2.05, 4.69) is 15.3 Å². The van der Waals surface area contributed by atoms with Crippen LogP contribution in [0.4, 0.5) is 5.82 Å². The number of hydrogen-bond donors (Lipinski definition) is 1. The summed E-state index contributed by atoms with van der Waals surface area (Å²) in [4.78, 5) is 7.74. The fourth-order valence-electron chi connectivity index (χ4n) is 0.816. The predicted molar refractivity (Wildman–Crippen MR) is 53.5 cm³/mol. The SMILES string of the molecule is CCNc1cc([S+](C)[O-])nc(Cl)n1. The van der Waals surface area contributed by atoms with Crippen molar-refractivity contribution in [1.29, 1.82) is 0 Å². The van der Waals surface area contributed by atoms with Crippen molar-refractivity contribution in [3.8, 4) is 0 Å². The fraction of sp³-hybridized carbons (Fsp3) is 0.429. The standard InChI is InChI=1S/C7H10ClN3OS/c1-3-9-5-4-6(13(2)12)11-7(8)10-5/h4H,3H2,1-2H3,(H,9,10,11). The van der Waals surface area contributed by atoms with Crippen LogP contribution in [0.25, 0.3) is 0 Å². The highest BCUT2D eigenvalue weighted by Crippen LogP contribution is 2.14. The van der Waals surface area contributed by atoms with Gasteiger partial charge in [-0.2, -0.15) is 4.98 Å². The molecule has 13 heavy (non-hydrogen) atoms. The lowest BCUT2D eigenvalue weighted by Crippen LogP contribution is -2.06. The first-order valence-corrected chi connectivity index (χ1v) is 5.69. The number of nitrogens with one attached hydrogen (secondary N) is 1. The predicted octanol–water partition coefficient (Wildman–Crippen LogP) is 1.30. The Labute approximate surface area is 84.9 Å². The third-order valence-corrected chi connectivity index (χ3v) is 2.29. The molecule has 0 spiro atoms. The van der Waals surface area contributed by atoms with Gasteiger partial charge in [-0.1, -0.05) is 0 Å². The molecular weight excluding hydrogens is 210 g/mol. The summed E-state index contributed by atoms with van der Waals surface area (Å²) >= 11 is 4.50. The van der Waals surface area contributed by atoms with E-state index in [-0.39, 0.29) is 5.28 Å². The molecule has 1 rings (SSSR count). The van der Waals surface area contributed by atoms with E-state index in [1.807, 2.05) is 6.92 Å². The molecule has 0 bridgehead atoms. The van der Waals surface area contributed by atoms with Crippen molar-refractivity contribution in [1.82, 2.24) is 9.97 Å². The molecule has 0 radical (unpaired) electrons. The summed E-state index contributed by atoms with van der Waals surface area (Å²) in [6.45, 7) is 2.68. The Morgan fingerprint density at radius 2 is 2.31 bits per heavy atom. The molecule has 0 aliphatic rings. The number of nitrogens with zero attached hydrogens (tertiary/aromatic N) is 2. The normalized spacial score (nSPS) is 12.6. The molecule has 1 aromatic rings. The number of aromatic nitrogens is 2. The van der Waals surface area contributed by atoms with Crippen LogP contribution < -0.4 is 5.32 Å². The Balaban J connectivity index is 2.96. The average Bonchev–Trinajstić information content (AvgIpc) is 2.03. The molecule has 0 saturated carbocycles. The van der Waals surface area contributed by atoms with Gasteiger partial charge in [0.05, 0.1) is 6.07 Å². The van der Waals surface area contributed by atoms with Crippen LogP contribution in [0.1, 0.15) is 6.92 Å². The number of hydrogen-bond acceptors (Lipinski definition) is 4. The maximum atomic E-state index is 11.1. The molecule has 6 heteroatoms. The van der Waals surface area contributed by atoms with Crippen molar-refractivity contribution in [2.75, 3.05) is 18.1 Å². The van der Waals surface area contributed by atoms with Crippen molar-refractivity contribution in [3.63, 3.8) is 0 Å². The van der Waals surface area contributed by atoms with Gasteiger partial charge in [0.25, 0.3) is 5.03 Å². The zero-order valence-electron chi connectivity index (χ0n) is 7.37. The number of rotatable bonds is 3. The molecule has 0 aromatic carbocycles. The van der Waals surface area contributed by atoms with Gasteiger partial charge in [-0.05, 0) is 18.5 Å². The highest BCUT2D eigenvalue weighted by atomic mass is 35.5. The van der Waals surface area contributed by atoms with E-state index in [0.717, 1.165) is 6.54 Å². The van der Waals surface area contributed by atoms with Crippen LogP contribution in [0.3, 0.4) is 0 Å². The minimum Gasteiger partial charge on any atom is -0.610 e. The highest BCUT2D eigenvalue weighted by molar-refractivity contribution is 7.90. The largest absolute Gasteiger partial charge is 0.610 e. The molecule has 1 N–H and O–H groups in total. The first kappa shape index (κ1) is 10.6. The summed E-state index contributed by atoms with van der Waals surface area (Å²) < 4.78 is 11.1. The fourth-order valence-corrected chi connectivity index (χ4v) is 1.54. The van der Waals surface area contributed by atoms with Crippen LogP contribution in [0.5, 0.6) is 0 Å². The zero-order valence-corrected chi connectivity index (χ0v) is 8.95. The summed E-state index contributed by atoms with van der Waals surface area (Å²) in [6, 6.07) is 1.63. The molecule has 0 fully saturated rings. The second-order valence-electron chi connectivity index (χ2n) is 2.34. The lowest BCUT2D eigenvalue weighted by molar-refractivity contribution is 0.597. The smallest absolute Gasteiger partial charge is 0.250 e. The van der Waals surface area contributed by atoms with E-state index >= 15 is 0 Å². The van der Waals surface area contributed by atoms with Crippen LogP contribution in [-0.4, -0.2) is 27.3 Å². The quantitative estimate of drug-likeness (QED) is 0.473. The van der Waals surface area contributed by atoms with Crippen molar-refractivity contribution in [3.05, 3.63) is 11.3 Å². The minimum absolute atomic E-state index is 0.114. The van der Waals surface area contributed by atoms with Crippen LogP contribution >= 0.6 is 11.6 Å². The maximum absolute atomic E-state index is 11.1. The van der Waals surface area contributed by atoms with Gasteiger partial charge in [0.1, 0.15) is 12.1 Å². The van der Waals surface area contributed by atoms with E-state index in [4.69, 9.17) is 11.6 Å². The Bertz CT molecular complexity index is 295. The van der Waals surface area contributed by atoms with Gasteiger partial charge in [0.15, 0.2) is 0 Å². The van der Waals surface area contributed by atoms with Gasteiger partial charge in [0.2, 0.25) is 5.28 Å². The lowest BCUT2D eigenvalue weighted by atomic mass is 10.5. The lowest BCUT2D eigenvalue weighted by Gasteiger charge is -2.06. The van der Waals surface area contributed by atoms with E-state index < -0.39 is 11.2 Å². The van der Waals surface area contributed by atoms with E-state index in [1.165, 1.54) is 0 Å². The second kappa shape index (κ2) is 4.64. The van der Waals surface area contributed by atoms with Crippen LogP contribution in [0, 0.1) is 0 Å². The topological polar surface area (TPSA) is 60.9 Å². The van der Waals surface area contributed by atoms with Gasteiger partial charge in [-0.25, -0.2) is 4.98 Å². The molecule has 0 saturated heterocycles. The monoisotopic (exact) mass is 219 g/mol. The van der Waals surface area contributed by atoms with Crippen molar-refractivity contribution in [2.24, 2.45) is 0 Å². The molecule has 0 amide bonds. The van der Waals surface area contributed by atoms with Gasteiger partial charge in [-0.15, -0.1) is 0 Å². The summed E-state index contributed by atoms with van der Waals surface area (Å²) in [5.41, 5.74) is 0. The van der Waals surface area contributed by atoms with E-state index in [1.54, 1.807) is 12.3 Å². The molecule has 0 aliphatic carbocycles. The van der Waals surface area contributed by atoms with Crippen molar-refractivity contribution >= 4 is 28.6 Å². The molecule has 1 atom stereocenters. The third-order valence-electron chi connectivity index (χ3n) is 1.33. The molecule has 1 heterocycles. The average molecular weight is 220 g/mol. The Morgan fingerprint density at radius 1 is 1.62 bits per heavy atom. The molecule has 1 unspecified atom stereocenters. The molecular formula is C7H10ClN3OS. The maximum Gasteiger partial charge on any atom is 0.250 e. The summed E-state index contributed by atoms with van der Waals surface area (Å²) in [5, 5.41) is 3.53. The number of anilines is 1. The Kier molecular flexibility index (Phi) is 3.77. The Morgan fingerprint density at radius 3 is 2.85 bits per heavy atom. The van der Waals surface area contributed by atoms with Crippen LogP contribution in [-0.2, 0) is 11.2 Å². The minimum atomic E-state index is -1.13. The third kappa shape index (κ3) is 3.02. The van der Waals surface area contributed by atoms with E-state index in [9.17, 15) is 4.55 Å². The molecule has 72 valence electrons. The van der Waals surface area contributed by atoms with Crippen molar-refractivity contribution in [2.45, 2.75) is 11.9 Å². The van der Waals surface area contributed by atoms with Crippen LogP contribution in [0.15, 0.2) is 11.1 Å². The zero-order chi connectivity index (χ0) is 9.84. The van der Waals surface area contributed by atoms with E-state index in [0.29, 0.717) is 10.8 Å². The number of halogens is 1. The molecule has 0 aliphatic heterocycles. The first-order chi connectivity index (χ1) is 6.13. The molecule has 4 nitrogen and oxygen atoms in total. The molecule has 1 aromatic heterocycles. The summed E-state index contributed by atoms with van der Waals surface area (Å²) in [6.07, 6.45) is 1.55. The van der Waals surface area contributed by atoms with Crippen molar-refractivity contribution < 1.29 is 4.55 Å². The summed E-state index contributed by atoms with van der Waals surface area (Å²) in [5.74, 6) is 0.604. The van der Waals surface area contributed by atoms with Gasteiger partial charge in [0, 0.05) is 17.7 Å². The first-order valence-electron chi connectivity index (χ1n) is 3.75. The van der Waals surface area contributed by atoms with Gasteiger partial charge in [-0.3, -0.25) is 0 Å². The van der Waals surface area contributed by atoms with Gasteiger partial charge < -0.3 is 9.87 Å². The summed E-state index contributed by atoms with van der Waals surface area (Å²) in [7, 11) is 0. The van der Waals surface area contributed by atoms with Crippen LogP contribution in [0.2, 0.25) is 5.28 Å². The van der Waals surface area contributed by atoms with Gasteiger partial charge >= 0.3 is 0 Å². The highest BCUT2D eigenvalue weighted by Gasteiger charge is 2.09. The Hall–Kier alpha value is -0.520.